The molecule has 0 atom stereocenters. The van der Waals surface area contributed by atoms with Crippen LogP contribution in [0.25, 0.3) is 0 Å². The summed E-state index contributed by atoms with van der Waals surface area (Å²) in [7, 11) is 0. The Labute approximate surface area is 214 Å². The van der Waals surface area contributed by atoms with Gasteiger partial charge in [-0.25, -0.2) is 18.7 Å². The lowest BCUT2D eigenvalue weighted by atomic mass is 9.89. The topological polar surface area (TPSA) is 90.9 Å². The van der Waals surface area contributed by atoms with Gasteiger partial charge in [0.25, 0.3) is 0 Å². The minimum Gasteiger partial charge on any atom is -0.462 e. The summed E-state index contributed by atoms with van der Waals surface area (Å²) in [5, 5.41) is 3.50. The number of aromatic nitrogens is 2. The molecule has 1 N–H and O–H groups in total. The Morgan fingerprint density at radius 1 is 1.05 bits per heavy atom. The van der Waals surface area contributed by atoms with E-state index in [0.29, 0.717) is 76.5 Å². The zero-order valence-electron chi connectivity index (χ0n) is 21.2. The highest BCUT2D eigenvalue weighted by molar-refractivity contribution is 5.73. The van der Waals surface area contributed by atoms with Gasteiger partial charge in [0.15, 0.2) is 11.6 Å². The Balaban J connectivity index is 1.30. The number of fused-ring (bicyclic) bond motifs is 1. The lowest BCUT2D eigenvalue weighted by molar-refractivity contribution is -0.150. The average Bonchev–Trinajstić information content (AvgIpc) is 2.84. The number of carbonyl (C=O) groups excluding carboxylic acids is 2. The Morgan fingerprint density at radius 2 is 1.81 bits per heavy atom. The number of piperazine rings is 1. The molecule has 0 bridgehead atoms. The molecule has 11 heteroatoms. The van der Waals surface area contributed by atoms with Crippen LogP contribution in [-0.2, 0) is 33.8 Å². The van der Waals surface area contributed by atoms with Gasteiger partial charge in [0, 0.05) is 90.1 Å². The maximum absolute atomic E-state index is 14.1. The summed E-state index contributed by atoms with van der Waals surface area (Å²) in [6.45, 7) is 7.22. The molecule has 0 spiro atoms. The molecule has 198 valence electrons. The fourth-order valence-corrected chi connectivity index (χ4v) is 5.12. The van der Waals surface area contributed by atoms with E-state index in [1.54, 1.807) is 11.8 Å². The Hall–Kier alpha value is -3.34. The smallest absolute Gasteiger partial charge is 0.302 e. The molecule has 1 saturated heterocycles. The summed E-state index contributed by atoms with van der Waals surface area (Å²) in [5.74, 6) is 0.0891. The predicted octanol–water partition coefficient (Wildman–Crippen LogP) is 2.49. The molecule has 1 amide bonds. The maximum atomic E-state index is 14.1. The maximum Gasteiger partial charge on any atom is 0.302 e. The molecule has 1 aromatic heterocycles. The van der Waals surface area contributed by atoms with E-state index in [4.69, 9.17) is 14.7 Å². The number of hydrogen-bond acceptors (Lipinski definition) is 8. The molecule has 1 saturated carbocycles. The molecule has 2 fully saturated rings. The van der Waals surface area contributed by atoms with Gasteiger partial charge in [-0.3, -0.25) is 14.5 Å². The standard InChI is InChI=1S/C26H32F2N6O3/c1-16(35)34-6-5-23-24(15-34)30-25(29-20-12-21(13-20)37-17(2)36)26(31-23)33-9-7-32(8-10-33)14-18-3-4-19(27)11-22(18)28/h3-4,11,20-21H,5-10,12-15H2,1-2H3,(H,29,30). The van der Waals surface area contributed by atoms with Crippen molar-refractivity contribution in [2.75, 3.05) is 42.9 Å². The van der Waals surface area contributed by atoms with E-state index in [1.807, 2.05) is 0 Å². The fraction of sp³-hybridized carbons (Fsp3) is 0.538. The summed E-state index contributed by atoms with van der Waals surface area (Å²) in [6.07, 6.45) is 1.97. The highest BCUT2D eigenvalue weighted by Gasteiger charge is 2.34. The van der Waals surface area contributed by atoms with Gasteiger partial charge in [-0.05, 0) is 6.07 Å². The van der Waals surface area contributed by atoms with Gasteiger partial charge in [-0.2, -0.15) is 0 Å². The first-order chi connectivity index (χ1) is 17.7. The van der Waals surface area contributed by atoms with Crippen LogP contribution in [0.2, 0.25) is 0 Å². The summed E-state index contributed by atoms with van der Waals surface area (Å²) in [5.41, 5.74) is 2.18. The van der Waals surface area contributed by atoms with Gasteiger partial charge in [0.1, 0.15) is 17.7 Å². The van der Waals surface area contributed by atoms with Crippen LogP contribution in [0.15, 0.2) is 18.2 Å². The van der Waals surface area contributed by atoms with Gasteiger partial charge >= 0.3 is 5.97 Å². The summed E-state index contributed by atoms with van der Waals surface area (Å²) < 4.78 is 32.7. The van der Waals surface area contributed by atoms with Crippen LogP contribution >= 0.6 is 0 Å². The molecule has 2 aromatic rings. The molecule has 2 aliphatic heterocycles. The predicted molar refractivity (Wildman–Crippen MR) is 133 cm³/mol. The number of anilines is 2. The van der Waals surface area contributed by atoms with Crippen molar-refractivity contribution in [2.24, 2.45) is 0 Å². The number of hydrogen-bond donors (Lipinski definition) is 1. The number of benzene rings is 1. The Bertz CT molecular complexity index is 1180. The van der Waals surface area contributed by atoms with Crippen molar-refractivity contribution in [1.82, 2.24) is 19.8 Å². The molecule has 1 aliphatic carbocycles. The van der Waals surface area contributed by atoms with Crippen LogP contribution in [0.5, 0.6) is 0 Å². The zero-order valence-corrected chi connectivity index (χ0v) is 21.2. The quantitative estimate of drug-likeness (QED) is 0.588. The number of nitrogens with one attached hydrogen (secondary N) is 1. The molecular weight excluding hydrogens is 482 g/mol. The SMILES string of the molecule is CC(=O)OC1CC(Nc2nc3c(nc2N2CCN(Cc4ccc(F)cc4F)CC2)CCN(C(C)=O)C3)C1. The van der Waals surface area contributed by atoms with Crippen molar-refractivity contribution in [1.29, 1.82) is 0 Å². The lowest BCUT2D eigenvalue weighted by Gasteiger charge is -2.39. The van der Waals surface area contributed by atoms with E-state index >= 15 is 0 Å². The second kappa shape index (κ2) is 10.6. The molecule has 1 aromatic carbocycles. The van der Waals surface area contributed by atoms with Crippen molar-refractivity contribution in [3.8, 4) is 0 Å². The van der Waals surface area contributed by atoms with Gasteiger partial charge in [-0.1, -0.05) is 6.07 Å². The molecular formula is C26H32F2N6O3. The number of amides is 1. The highest BCUT2D eigenvalue weighted by atomic mass is 19.1. The first-order valence-electron chi connectivity index (χ1n) is 12.8. The summed E-state index contributed by atoms with van der Waals surface area (Å²) >= 11 is 0. The zero-order chi connectivity index (χ0) is 26.1. The van der Waals surface area contributed by atoms with Crippen molar-refractivity contribution in [3.63, 3.8) is 0 Å². The Morgan fingerprint density at radius 3 is 2.49 bits per heavy atom. The number of ether oxygens (including phenoxy) is 1. The number of carbonyl (C=O) groups is 2. The van der Waals surface area contributed by atoms with Crippen LogP contribution in [0.3, 0.4) is 0 Å². The Kier molecular flexibility index (Phi) is 7.23. The first kappa shape index (κ1) is 25.3. The normalized spacial score (nSPS) is 21.7. The van der Waals surface area contributed by atoms with Crippen molar-refractivity contribution >= 4 is 23.5 Å². The number of halogens is 2. The average molecular weight is 515 g/mol. The third kappa shape index (κ3) is 5.82. The van der Waals surface area contributed by atoms with Crippen molar-refractivity contribution < 1.29 is 23.1 Å². The van der Waals surface area contributed by atoms with E-state index < -0.39 is 11.6 Å². The van der Waals surface area contributed by atoms with Crippen LogP contribution < -0.4 is 10.2 Å². The van der Waals surface area contributed by atoms with Gasteiger partial charge < -0.3 is 19.9 Å². The van der Waals surface area contributed by atoms with Gasteiger partial charge in [0.2, 0.25) is 5.91 Å². The van der Waals surface area contributed by atoms with E-state index in [0.717, 1.165) is 23.3 Å². The van der Waals surface area contributed by atoms with Gasteiger partial charge in [-0.15, -0.1) is 0 Å². The largest absolute Gasteiger partial charge is 0.462 e. The third-order valence-corrected chi connectivity index (χ3v) is 7.29. The third-order valence-electron chi connectivity index (χ3n) is 7.29. The number of esters is 1. The molecule has 0 unspecified atom stereocenters. The lowest BCUT2D eigenvalue weighted by Crippen LogP contribution is -2.47. The van der Waals surface area contributed by atoms with E-state index in [1.165, 1.54) is 19.1 Å². The second-order valence-corrected chi connectivity index (χ2v) is 10.0. The first-order valence-corrected chi connectivity index (χ1v) is 12.8. The fourth-order valence-electron chi connectivity index (χ4n) is 5.12. The monoisotopic (exact) mass is 514 g/mol. The van der Waals surface area contributed by atoms with Crippen LogP contribution in [-0.4, -0.2) is 76.5 Å². The molecule has 3 aliphatic rings. The van der Waals surface area contributed by atoms with Crippen molar-refractivity contribution in [2.45, 2.75) is 58.3 Å². The highest BCUT2D eigenvalue weighted by Crippen LogP contribution is 2.32. The molecule has 3 heterocycles. The number of nitrogens with zero attached hydrogens (tertiary/aromatic N) is 5. The molecule has 5 rings (SSSR count). The number of rotatable bonds is 6. The van der Waals surface area contributed by atoms with Crippen molar-refractivity contribution in [3.05, 3.63) is 46.8 Å². The molecule has 9 nitrogen and oxygen atoms in total. The second-order valence-electron chi connectivity index (χ2n) is 10.0. The minimum atomic E-state index is -0.575. The van der Waals surface area contributed by atoms with E-state index in [9.17, 15) is 18.4 Å². The van der Waals surface area contributed by atoms with Gasteiger partial charge in [0.05, 0.1) is 17.9 Å². The molecule has 0 radical (unpaired) electrons. The minimum absolute atomic E-state index is 0.0166. The van der Waals surface area contributed by atoms with Crippen LogP contribution in [0.4, 0.5) is 20.4 Å². The van der Waals surface area contributed by atoms with E-state index in [2.05, 4.69) is 15.1 Å². The summed E-state index contributed by atoms with van der Waals surface area (Å²) in [4.78, 5) is 39.2. The molecule has 37 heavy (non-hydrogen) atoms. The summed E-state index contributed by atoms with van der Waals surface area (Å²) in [6, 6.07) is 3.83. The van der Waals surface area contributed by atoms with Crippen LogP contribution in [0.1, 0.15) is 43.6 Å². The van der Waals surface area contributed by atoms with E-state index in [-0.39, 0.29) is 24.0 Å². The van der Waals surface area contributed by atoms with Crippen LogP contribution in [0, 0.1) is 11.6 Å².